The molecular weight excluding hydrogens is 370 g/mol. The highest BCUT2D eigenvalue weighted by atomic mass is 79.9. The van der Waals surface area contributed by atoms with Crippen molar-refractivity contribution in [2.75, 3.05) is 25.0 Å². The molecule has 0 spiro atoms. The van der Waals surface area contributed by atoms with Crippen LogP contribution in [0, 0.1) is 0 Å². The number of rotatable bonds is 7. The van der Waals surface area contributed by atoms with Gasteiger partial charge in [0.1, 0.15) is 12.4 Å². The summed E-state index contributed by atoms with van der Waals surface area (Å²) >= 11 is 3.31. The Bertz CT molecular complexity index is 717. The van der Waals surface area contributed by atoms with Gasteiger partial charge in [-0.1, -0.05) is 12.1 Å². The van der Waals surface area contributed by atoms with Gasteiger partial charge in [0, 0.05) is 11.6 Å². The van der Waals surface area contributed by atoms with Gasteiger partial charge < -0.3 is 9.47 Å². The van der Waals surface area contributed by atoms with E-state index in [0.717, 1.165) is 0 Å². The Morgan fingerprint density at radius 2 is 1.73 bits per heavy atom. The quantitative estimate of drug-likeness (QED) is 0.742. The van der Waals surface area contributed by atoms with Crippen LogP contribution in [-0.4, -0.2) is 28.7 Å². The fourth-order valence-electron chi connectivity index (χ4n) is 1.71. The Hall–Kier alpha value is -1.57. The Morgan fingerprint density at radius 3 is 2.36 bits per heavy atom. The zero-order chi connectivity index (χ0) is 16.0. The van der Waals surface area contributed by atoms with E-state index in [1.807, 2.05) is 6.07 Å². The number of nitrogens with one attached hydrogen (secondary N) is 1. The van der Waals surface area contributed by atoms with Gasteiger partial charge in [-0.3, -0.25) is 4.72 Å². The summed E-state index contributed by atoms with van der Waals surface area (Å²) in [5.74, 6) is 0.594. The number of halogens is 1. The molecular formula is C15H16BrNO4S. The molecule has 0 bridgehead atoms. The van der Waals surface area contributed by atoms with Crippen LogP contribution in [0.2, 0.25) is 0 Å². The van der Waals surface area contributed by atoms with Crippen LogP contribution in [0.25, 0.3) is 0 Å². The van der Waals surface area contributed by atoms with Crippen LogP contribution in [-0.2, 0) is 14.8 Å². The number of hydrogen-bond acceptors (Lipinski definition) is 4. The van der Waals surface area contributed by atoms with E-state index in [1.165, 1.54) is 12.1 Å². The molecule has 0 saturated heterocycles. The first-order valence-electron chi connectivity index (χ1n) is 6.52. The maximum Gasteiger partial charge on any atom is 0.261 e. The average Bonchev–Trinajstić information content (AvgIpc) is 2.50. The van der Waals surface area contributed by atoms with Gasteiger partial charge in [-0.15, -0.1) is 0 Å². The predicted molar refractivity (Wildman–Crippen MR) is 88.8 cm³/mol. The fourth-order valence-corrected chi connectivity index (χ4v) is 3.30. The Balaban J connectivity index is 2.11. The zero-order valence-electron chi connectivity index (χ0n) is 12.0. The average molecular weight is 386 g/mol. The number of anilines is 1. The van der Waals surface area contributed by atoms with Gasteiger partial charge in [0.2, 0.25) is 0 Å². The van der Waals surface area contributed by atoms with Crippen molar-refractivity contribution < 1.29 is 17.9 Å². The molecule has 0 aliphatic rings. The van der Waals surface area contributed by atoms with Gasteiger partial charge in [0.05, 0.1) is 17.2 Å². The van der Waals surface area contributed by atoms with E-state index in [0.29, 0.717) is 29.1 Å². The SMILES string of the molecule is COCCOc1ccc(S(=O)(=O)Nc2ccccc2Br)cc1. The van der Waals surface area contributed by atoms with E-state index in [4.69, 9.17) is 9.47 Å². The van der Waals surface area contributed by atoms with Crippen LogP contribution >= 0.6 is 15.9 Å². The summed E-state index contributed by atoms with van der Waals surface area (Å²) in [6.07, 6.45) is 0. The monoisotopic (exact) mass is 385 g/mol. The van der Waals surface area contributed by atoms with Crippen molar-refractivity contribution in [1.82, 2.24) is 0 Å². The standard InChI is InChI=1S/C15H16BrNO4S/c1-20-10-11-21-12-6-8-13(9-7-12)22(18,19)17-15-5-3-2-4-14(15)16/h2-9,17H,10-11H2,1H3. The molecule has 0 fully saturated rings. The normalized spacial score (nSPS) is 11.2. The van der Waals surface area contributed by atoms with Crippen LogP contribution in [0.15, 0.2) is 57.9 Å². The van der Waals surface area contributed by atoms with Crippen molar-refractivity contribution in [3.8, 4) is 5.75 Å². The lowest BCUT2D eigenvalue weighted by Crippen LogP contribution is -2.13. The van der Waals surface area contributed by atoms with Gasteiger partial charge in [0.25, 0.3) is 10.0 Å². The highest BCUT2D eigenvalue weighted by molar-refractivity contribution is 9.10. The summed E-state index contributed by atoms with van der Waals surface area (Å²) in [7, 11) is -2.05. The molecule has 0 radical (unpaired) electrons. The minimum absolute atomic E-state index is 0.169. The van der Waals surface area contributed by atoms with E-state index in [2.05, 4.69) is 20.7 Å². The number of benzene rings is 2. The Morgan fingerprint density at radius 1 is 1.05 bits per heavy atom. The molecule has 0 atom stereocenters. The molecule has 1 N–H and O–H groups in total. The minimum atomic E-state index is -3.64. The summed E-state index contributed by atoms with van der Waals surface area (Å²) < 4.78 is 38.2. The van der Waals surface area contributed by atoms with Gasteiger partial charge >= 0.3 is 0 Å². The van der Waals surface area contributed by atoms with Crippen molar-refractivity contribution >= 4 is 31.6 Å². The van der Waals surface area contributed by atoms with E-state index in [-0.39, 0.29) is 4.90 Å². The third-order valence-electron chi connectivity index (χ3n) is 2.81. The first kappa shape index (κ1) is 16.8. The van der Waals surface area contributed by atoms with Crippen molar-refractivity contribution in [2.24, 2.45) is 0 Å². The minimum Gasteiger partial charge on any atom is -0.491 e. The topological polar surface area (TPSA) is 64.6 Å². The van der Waals surface area contributed by atoms with Gasteiger partial charge in [-0.25, -0.2) is 8.42 Å². The smallest absolute Gasteiger partial charge is 0.261 e. The Labute approximate surface area is 138 Å². The molecule has 0 unspecified atom stereocenters. The zero-order valence-corrected chi connectivity index (χ0v) is 14.4. The molecule has 2 aromatic carbocycles. The summed E-state index contributed by atoms with van der Waals surface area (Å²) in [5, 5.41) is 0. The summed E-state index contributed by atoms with van der Waals surface area (Å²) in [5.41, 5.74) is 0.489. The van der Waals surface area contributed by atoms with Crippen LogP contribution < -0.4 is 9.46 Å². The van der Waals surface area contributed by atoms with Gasteiger partial charge in [-0.05, 0) is 52.3 Å². The van der Waals surface area contributed by atoms with Crippen molar-refractivity contribution in [3.63, 3.8) is 0 Å². The van der Waals surface area contributed by atoms with Crippen LogP contribution in [0.5, 0.6) is 5.75 Å². The van der Waals surface area contributed by atoms with Gasteiger partial charge in [0.15, 0.2) is 0 Å². The molecule has 0 aliphatic carbocycles. The lowest BCUT2D eigenvalue weighted by Gasteiger charge is -2.10. The number of ether oxygens (including phenoxy) is 2. The number of methoxy groups -OCH3 is 1. The van der Waals surface area contributed by atoms with Crippen molar-refractivity contribution in [3.05, 3.63) is 53.0 Å². The third-order valence-corrected chi connectivity index (χ3v) is 4.88. The Kier molecular flexibility index (Phi) is 5.82. The lowest BCUT2D eigenvalue weighted by molar-refractivity contribution is 0.146. The summed E-state index contributed by atoms with van der Waals surface area (Å²) in [6, 6.07) is 13.3. The van der Waals surface area contributed by atoms with Crippen LogP contribution in [0.4, 0.5) is 5.69 Å². The molecule has 2 aromatic rings. The molecule has 0 aliphatic heterocycles. The second-order valence-corrected chi connectivity index (χ2v) is 6.93. The third kappa shape index (κ3) is 4.46. The summed E-state index contributed by atoms with van der Waals surface area (Å²) in [6.45, 7) is 0.890. The predicted octanol–water partition coefficient (Wildman–Crippen LogP) is 3.28. The largest absolute Gasteiger partial charge is 0.491 e. The van der Waals surface area contributed by atoms with Crippen LogP contribution in [0.1, 0.15) is 0 Å². The van der Waals surface area contributed by atoms with E-state index in [9.17, 15) is 8.42 Å². The second-order valence-electron chi connectivity index (χ2n) is 4.40. The number of sulfonamides is 1. The molecule has 0 saturated carbocycles. The molecule has 0 amide bonds. The van der Waals surface area contributed by atoms with Crippen molar-refractivity contribution in [2.45, 2.75) is 4.90 Å². The molecule has 22 heavy (non-hydrogen) atoms. The molecule has 2 rings (SSSR count). The van der Waals surface area contributed by atoms with Crippen molar-refractivity contribution in [1.29, 1.82) is 0 Å². The first-order valence-corrected chi connectivity index (χ1v) is 8.80. The van der Waals surface area contributed by atoms with Gasteiger partial charge in [-0.2, -0.15) is 0 Å². The lowest BCUT2D eigenvalue weighted by atomic mass is 10.3. The van der Waals surface area contributed by atoms with Crippen LogP contribution in [0.3, 0.4) is 0 Å². The molecule has 118 valence electrons. The molecule has 0 heterocycles. The van der Waals surface area contributed by atoms with E-state index in [1.54, 1.807) is 37.4 Å². The van der Waals surface area contributed by atoms with E-state index < -0.39 is 10.0 Å². The highest BCUT2D eigenvalue weighted by Gasteiger charge is 2.15. The first-order chi connectivity index (χ1) is 10.5. The highest BCUT2D eigenvalue weighted by Crippen LogP contribution is 2.25. The molecule has 7 heteroatoms. The second kappa shape index (κ2) is 7.62. The fraction of sp³-hybridized carbons (Fsp3) is 0.200. The maximum atomic E-state index is 12.3. The summed E-state index contributed by atoms with van der Waals surface area (Å²) in [4.78, 5) is 0.169. The number of para-hydroxylation sites is 1. The number of hydrogen-bond donors (Lipinski definition) is 1. The molecule has 5 nitrogen and oxygen atoms in total. The maximum absolute atomic E-state index is 12.3. The van der Waals surface area contributed by atoms with E-state index >= 15 is 0 Å². The molecule has 0 aromatic heterocycles.